The van der Waals surface area contributed by atoms with Gasteiger partial charge >= 0.3 is 0 Å². The fourth-order valence-corrected chi connectivity index (χ4v) is 2.89. The van der Waals surface area contributed by atoms with Crippen molar-refractivity contribution < 1.29 is 4.74 Å². The van der Waals surface area contributed by atoms with Crippen LogP contribution in [0.5, 0.6) is 5.75 Å². The summed E-state index contributed by atoms with van der Waals surface area (Å²) in [4.78, 5) is 2.33. The summed E-state index contributed by atoms with van der Waals surface area (Å²) >= 11 is 0. The van der Waals surface area contributed by atoms with Crippen LogP contribution in [0.1, 0.15) is 50.3 Å². The SMILES string of the molecule is CCN(CC)CCOc1ccc(/C(C#N)=C/c2ccc(C(C)C)cc2)cc1. The number of hydrogen-bond acceptors (Lipinski definition) is 3. The van der Waals surface area contributed by atoms with Crippen LogP contribution < -0.4 is 4.74 Å². The van der Waals surface area contributed by atoms with Crippen LogP contribution >= 0.6 is 0 Å². The Balaban J connectivity index is 2.04. The highest BCUT2D eigenvalue weighted by Crippen LogP contribution is 2.22. The van der Waals surface area contributed by atoms with Crippen molar-refractivity contribution in [3.8, 4) is 11.8 Å². The van der Waals surface area contributed by atoms with E-state index in [0.29, 0.717) is 18.1 Å². The fraction of sp³-hybridized carbons (Fsp3) is 0.375. The Kier molecular flexibility index (Phi) is 8.10. The number of hydrogen-bond donors (Lipinski definition) is 0. The van der Waals surface area contributed by atoms with Gasteiger partial charge in [-0.2, -0.15) is 5.26 Å². The zero-order valence-electron chi connectivity index (χ0n) is 16.9. The maximum atomic E-state index is 9.55. The molecule has 27 heavy (non-hydrogen) atoms. The molecule has 0 fully saturated rings. The summed E-state index contributed by atoms with van der Waals surface area (Å²) in [6, 6.07) is 18.5. The minimum Gasteiger partial charge on any atom is -0.492 e. The van der Waals surface area contributed by atoms with Crippen molar-refractivity contribution >= 4 is 11.6 Å². The first-order valence-electron chi connectivity index (χ1n) is 9.74. The summed E-state index contributed by atoms with van der Waals surface area (Å²) in [7, 11) is 0. The summed E-state index contributed by atoms with van der Waals surface area (Å²) in [5, 5.41) is 9.55. The predicted octanol–water partition coefficient (Wildman–Crippen LogP) is 5.59. The number of nitriles is 1. The van der Waals surface area contributed by atoms with Gasteiger partial charge in [0.15, 0.2) is 0 Å². The number of ether oxygens (including phenoxy) is 1. The van der Waals surface area contributed by atoms with E-state index in [9.17, 15) is 5.26 Å². The van der Waals surface area contributed by atoms with Gasteiger partial charge in [0.25, 0.3) is 0 Å². The van der Waals surface area contributed by atoms with E-state index in [-0.39, 0.29) is 0 Å². The van der Waals surface area contributed by atoms with Crippen molar-refractivity contribution in [2.24, 2.45) is 0 Å². The van der Waals surface area contributed by atoms with Gasteiger partial charge < -0.3 is 9.64 Å². The van der Waals surface area contributed by atoms with Crippen LogP contribution in [0.25, 0.3) is 11.6 Å². The normalized spacial score (nSPS) is 11.7. The summed E-state index contributed by atoms with van der Waals surface area (Å²) in [5.74, 6) is 1.34. The van der Waals surface area contributed by atoms with Crippen LogP contribution in [-0.2, 0) is 0 Å². The topological polar surface area (TPSA) is 36.3 Å². The molecule has 0 heterocycles. The molecule has 0 unspecified atom stereocenters. The zero-order chi connectivity index (χ0) is 19.6. The van der Waals surface area contributed by atoms with Crippen molar-refractivity contribution in [2.75, 3.05) is 26.2 Å². The Labute approximate surface area is 163 Å². The van der Waals surface area contributed by atoms with E-state index < -0.39 is 0 Å². The quantitative estimate of drug-likeness (QED) is 0.431. The Bertz CT molecular complexity index is 764. The first kappa shape index (κ1) is 20.7. The summed E-state index contributed by atoms with van der Waals surface area (Å²) in [6.07, 6.45) is 1.93. The summed E-state index contributed by atoms with van der Waals surface area (Å²) in [6.45, 7) is 12.3. The van der Waals surface area contributed by atoms with E-state index >= 15 is 0 Å². The maximum absolute atomic E-state index is 9.55. The lowest BCUT2D eigenvalue weighted by molar-refractivity contribution is 0.223. The summed E-state index contributed by atoms with van der Waals surface area (Å²) in [5.41, 5.74) is 3.90. The number of rotatable bonds is 9. The molecule has 0 saturated heterocycles. The van der Waals surface area contributed by atoms with Crippen molar-refractivity contribution in [2.45, 2.75) is 33.6 Å². The predicted molar refractivity (Wildman–Crippen MR) is 114 cm³/mol. The Morgan fingerprint density at radius 1 is 1.04 bits per heavy atom. The second-order valence-electron chi connectivity index (χ2n) is 6.89. The summed E-state index contributed by atoms with van der Waals surface area (Å²) < 4.78 is 5.82. The van der Waals surface area contributed by atoms with Crippen LogP contribution in [0.3, 0.4) is 0 Å². The van der Waals surface area contributed by atoms with Gasteiger partial charge in [-0.15, -0.1) is 0 Å². The van der Waals surface area contributed by atoms with Gasteiger partial charge in [0, 0.05) is 6.54 Å². The minimum absolute atomic E-state index is 0.507. The molecule has 0 N–H and O–H groups in total. The first-order valence-corrected chi connectivity index (χ1v) is 9.74. The van der Waals surface area contributed by atoms with Gasteiger partial charge in [-0.25, -0.2) is 0 Å². The van der Waals surface area contributed by atoms with Gasteiger partial charge in [-0.1, -0.05) is 52.0 Å². The first-order chi connectivity index (χ1) is 13.1. The van der Waals surface area contributed by atoms with Gasteiger partial charge in [-0.3, -0.25) is 0 Å². The fourth-order valence-electron chi connectivity index (χ4n) is 2.89. The van der Waals surface area contributed by atoms with E-state index in [2.05, 4.69) is 62.9 Å². The van der Waals surface area contributed by atoms with E-state index in [1.54, 1.807) is 0 Å². The molecule has 0 aliphatic carbocycles. The zero-order valence-corrected chi connectivity index (χ0v) is 16.9. The molecule has 3 nitrogen and oxygen atoms in total. The highest BCUT2D eigenvalue weighted by molar-refractivity contribution is 5.89. The number of nitrogens with zero attached hydrogens (tertiary/aromatic N) is 2. The average Bonchev–Trinajstić information content (AvgIpc) is 2.70. The van der Waals surface area contributed by atoms with Crippen molar-refractivity contribution in [3.05, 3.63) is 65.2 Å². The van der Waals surface area contributed by atoms with Crippen molar-refractivity contribution in [1.29, 1.82) is 5.26 Å². The van der Waals surface area contributed by atoms with E-state index in [1.165, 1.54) is 5.56 Å². The van der Waals surface area contributed by atoms with E-state index in [1.807, 2.05) is 30.3 Å². The molecule has 2 aromatic rings. The third-order valence-corrected chi connectivity index (χ3v) is 4.77. The van der Waals surface area contributed by atoms with Crippen molar-refractivity contribution in [1.82, 2.24) is 4.90 Å². The molecule has 0 aliphatic rings. The molecule has 0 aromatic heterocycles. The smallest absolute Gasteiger partial charge is 0.119 e. The number of benzene rings is 2. The standard InChI is InChI=1S/C24H30N2O/c1-5-26(6-2)15-16-27-24-13-11-22(12-14-24)23(18-25)17-20-7-9-21(10-8-20)19(3)4/h7-14,17,19H,5-6,15-16H2,1-4H3/b23-17+. The lowest BCUT2D eigenvalue weighted by atomic mass is 9.99. The number of likely N-dealkylation sites (N-methyl/N-ethyl adjacent to an activating group) is 1. The highest BCUT2D eigenvalue weighted by atomic mass is 16.5. The lowest BCUT2D eigenvalue weighted by Crippen LogP contribution is -2.27. The van der Waals surface area contributed by atoms with Crippen LogP contribution in [-0.4, -0.2) is 31.1 Å². The van der Waals surface area contributed by atoms with Crippen LogP contribution in [0.4, 0.5) is 0 Å². The molecule has 0 atom stereocenters. The van der Waals surface area contributed by atoms with Crippen LogP contribution in [0.15, 0.2) is 48.5 Å². The molecular formula is C24H30N2O. The second kappa shape index (κ2) is 10.5. The van der Waals surface area contributed by atoms with Crippen molar-refractivity contribution in [3.63, 3.8) is 0 Å². The third-order valence-electron chi connectivity index (χ3n) is 4.77. The van der Waals surface area contributed by atoms with Gasteiger partial charge in [0.1, 0.15) is 12.4 Å². The largest absolute Gasteiger partial charge is 0.492 e. The lowest BCUT2D eigenvalue weighted by Gasteiger charge is -2.18. The molecule has 3 heteroatoms. The molecule has 0 bridgehead atoms. The van der Waals surface area contributed by atoms with Crippen LogP contribution in [0.2, 0.25) is 0 Å². The van der Waals surface area contributed by atoms with E-state index in [4.69, 9.17) is 4.74 Å². The molecule has 0 radical (unpaired) electrons. The molecular weight excluding hydrogens is 332 g/mol. The average molecular weight is 363 g/mol. The minimum atomic E-state index is 0.507. The van der Waals surface area contributed by atoms with E-state index in [0.717, 1.165) is 36.5 Å². The Hall–Kier alpha value is -2.57. The van der Waals surface area contributed by atoms with Gasteiger partial charge in [0.2, 0.25) is 0 Å². The maximum Gasteiger partial charge on any atom is 0.119 e. The van der Waals surface area contributed by atoms with Gasteiger partial charge in [-0.05, 0) is 66.0 Å². The Morgan fingerprint density at radius 2 is 1.67 bits per heavy atom. The molecule has 2 rings (SSSR count). The molecule has 0 amide bonds. The highest BCUT2D eigenvalue weighted by Gasteiger charge is 2.04. The molecule has 2 aromatic carbocycles. The second-order valence-corrected chi connectivity index (χ2v) is 6.89. The third kappa shape index (κ3) is 6.27. The monoisotopic (exact) mass is 362 g/mol. The molecule has 0 saturated carbocycles. The number of allylic oxidation sites excluding steroid dienone is 1. The Morgan fingerprint density at radius 3 is 2.19 bits per heavy atom. The van der Waals surface area contributed by atoms with Gasteiger partial charge in [0.05, 0.1) is 11.6 Å². The van der Waals surface area contributed by atoms with Crippen LogP contribution in [0, 0.1) is 11.3 Å². The molecule has 142 valence electrons. The molecule has 0 aliphatic heterocycles. The molecule has 0 spiro atoms.